The molecular formula is C26H30N4O2. The molecule has 0 atom stereocenters. The van der Waals surface area contributed by atoms with E-state index in [0.29, 0.717) is 30.3 Å². The maximum atomic E-state index is 13.1. The number of amides is 3. The zero-order chi connectivity index (χ0) is 22.3. The van der Waals surface area contributed by atoms with Gasteiger partial charge in [-0.1, -0.05) is 55.7 Å². The minimum atomic E-state index is -0.140. The number of carbonyl (C=O) groups excluding carboxylic acids is 2. The van der Waals surface area contributed by atoms with Gasteiger partial charge in [-0.05, 0) is 43.4 Å². The van der Waals surface area contributed by atoms with Crippen molar-refractivity contribution < 1.29 is 9.59 Å². The van der Waals surface area contributed by atoms with Gasteiger partial charge >= 0.3 is 6.03 Å². The number of nitrogens with one attached hydrogen (secondary N) is 2. The van der Waals surface area contributed by atoms with E-state index in [1.165, 1.54) is 19.3 Å². The summed E-state index contributed by atoms with van der Waals surface area (Å²) in [5, 5.41) is 15.8. The van der Waals surface area contributed by atoms with Crippen LogP contribution in [0.25, 0.3) is 11.1 Å². The number of nitriles is 1. The van der Waals surface area contributed by atoms with Crippen LogP contribution in [0.4, 0.5) is 4.79 Å². The molecule has 1 aliphatic carbocycles. The molecule has 2 N–H and O–H groups in total. The Balaban J connectivity index is 1.36. The van der Waals surface area contributed by atoms with Crippen molar-refractivity contribution in [3.63, 3.8) is 0 Å². The zero-order valence-electron chi connectivity index (χ0n) is 18.3. The summed E-state index contributed by atoms with van der Waals surface area (Å²) >= 11 is 0. The first-order valence-electron chi connectivity index (χ1n) is 11.6. The SMILES string of the molecule is N#Cc1ccccc1-c1ccccc1C(=O)NC1CCN(C(=O)NC2CCCCC2)CC1. The Morgan fingerprint density at radius 3 is 2.16 bits per heavy atom. The smallest absolute Gasteiger partial charge is 0.317 e. The molecule has 2 aromatic rings. The average Bonchev–Trinajstić information content (AvgIpc) is 2.85. The van der Waals surface area contributed by atoms with Crippen LogP contribution >= 0.6 is 0 Å². The van der Waals surface area contributed by atoms with Gasteiger partial charge < -0.3 is 15.5 Å². The predicted molar refractivity (Wildman–Crippen MR) is 124 cm³/mol. The molecule has 0 spiro atoms. The van der Waals surface area contributed by atoms with E-state index in [-0.39, 0.29) is 18.0 Å². The molecule has 1 saturated heterocycles. The van der Waals surface area contributed by atoms with Crippen molar-refractivity contribution in [3.8, 4) is 17.2 Å². The molecule has 1 heterocycles. The molecule has 2 aromatic carbocycles. The van der Waals surface area contributed by atoms with Gasteiger partial charge in [-0.2, -0.15) is 5.26 Å². The number of likely N-dealkylation sites (tertiary alicyclic amines) is 1. The highest BCUT2D eigenvalue weighted by molar-refractivity contribution is 6.01. The largest absolute Gasteiger partial charge is 0.349 e. The maximum absolute atomic E-state index is 13.1. The van der Waals surface area contributed by atoms with Gasteiger partial charge in [0, 0.05) is 36.3 Å². The van der Waals surface area contributed by atoms with Crippen molar-refractivity contribution in [1.29, 1.82) is 5.26 Å². The fraction of sp³-hybridized carbons (Fsp3) is 0.423. The van der Waals surface area contributed by atoms with E-state index < -0.39 is 0 Å². The van der Waals surface area contributed by atoms with Gasteiger partial charge in [-0.3, -0.25) is 4.79 Å². The minimum Gasteiger partial charge on any atom is -0.349 e. The molecule has 3 amide bonds. The van der Waals surface area contributed by atoms with Crippen LogP contribution in [-0.2, 0) is 0 Å². The summed E-state index contributed by atoms with van der Waals surface area (Å²) in [5.74, 6) is -0.140. The number of piperidine rings is 1. The first kappa shape index (κ1) is 21.9. The maximum Gasteiger partial charge on any atom is 0.317 e. The Hall–Kier alpha value is -3.33. The van der Waals surface area contributed by atoms with E-state index in [1.807, 2.05) is 41.3 Å². The Kier molecular flexibility index (Phi) is 7.06. The molecule has 6 nitrogen and oxygen atoms in total. The fourth-order valence-corrected chi connectivity index (χ4v) is 4.73. The van der Waals surface area contributed by atoms with Crippen molar-refractivity contribution in [1.82, 2.24) is 15.5 Å². The Labute approximate surface area is 189 Å². The second-order valence-electron chi connectivity index (χ2n) is 8.72. The summed E-state index contributed by atoms with van der Waals surface area (Å²) in [4.78, 5) is 27.5. The molecule has 4 rings (SSSR count). The van der Waals surface area contributed by atoms with Gasteiger partial charge in [-0.15, -0.1) is 0 Å². The standard InChI is InChI=1S/C26H30N4O2/c27-18-19-8-4-5-11-22(19)23-12-6-7-13-24(23)25(31)28-21-14-16-30(17-15-21)26(32)29-20-9-2-1-3-10-20/h4-8,11-13,20-21H,1-3,9-10,14-17H2,(H,28,31)(H,29,32). The number of hydrogen-bond donors (Lipinski definition) is 2. The summed E-state index contributed by atoms with van der Waals surface area (Å²) in [6, 6.07) is 17.3. The predicted octanol–water partition coefficient (Wildman–Crippen LogP) is 4.46. The number of rotatable bonds is 4. The zero-order valence-corrected chi connectivity index (χ0v) is 18.3. The normalized spacial score (nSPS) is 17.4. The molecule has 0 radical (unpaired) electrons. The molecular weight excluding hydrogens is 400 g/mol. The van der Waals surface area contributed by atoms with Crippen LogP contribution in [-0.4, -0.2) is 42.0 Å². The summed E-state index contributed by atoms with van der Waals surface area (Å²) < 4.78 is 0. The van der Waals surface area contributed by atoms with E-state index >= 15 is 0 Å². The second-order valence-corrected chi connectivity index (χ2v) is 8.72. The lowest BCUT2D eigenvalue weighted by Gasteiger charge is -2.34. The lowest BCUT2D eigenvalue weighted by molar-refractivity contribution is 0.0918. The van der Waals surface area contributed by atoms with Crippen molar-refractivity contribution in [2.45, 2.75) is 57.0 Å². The fourth-order valence-electron chi connectivity index (χ4n) is 4.73. The van der Waals surface area contributed by atoms with Crippen molar-refractivity contribution in [2.24, 2.45) is 0 Å². The molecule has 1 saturated carbocycles. The van der Waals surface area contributed by atoms with E-state index in [0.717, 1.165) is 36.8 Å². The third-order valence-corrected chi connectivity index (χ3v) is 6.56. The van der Waals surface area contributed by atoms with Crippen LogP contribution in [0.3, 0.4) is 0 Å². The van der Waals surface area contributed by atoms with Crippen molar-refractivity contribution >= 4 is 11.9 Å². The van der Waals surface area contributed by atoms with Gasteiger partial charge in [0.2, 0.25) is 0 Å². The molecule has 0 unspecified atom stereocenters. The summed E-state index contributed by atoms with van der Waals surface area (Å²) in [6.07, 6.45) is 7.28. The highest BCUT2D eigenvalue weighted by Crippen LogP contribution is 2.27. The van der Waals surface area contributed by atoms with Crippen LogP contribution in [0.15, 0.2) is 48.5 Å². The van der Waals surface area contributed by atoms with Crippen LogP contribution in [0.2, 0.25) is 0 Å². The third-order valence-electron chi connectivity index (χ3n) is 6.56. The van der Waals surface area contributed by atoms with Crippen LogP contribution in [0.1, 0.15) is 60.9 Å². The summed E-state index contributed by atoms with van der Waals surface area (Å²) in [6.45, 7) is 1.28. The van der Waals surface area contributed by atoms with E-state index in [4.69, 9.17) is 0 Å². The Morgan fingerprint density at radius 2 is 1.44 bits per heavy atom. The topological polar surface area (TPSA) is 85.2 Å². The first-order valence-corrected chi connectivity index (χ1v) is 11.6. The monoisotopic (exact) mass is 430 g/mol. The van der Waals surface area contributed by atoms with E-state index in [2.05, 4.69) is 16.7 Å². The highest BCUT2D eigenvalue weighted by Gasteiger charge is 2.26. The molecule has 2 aliphatic rings. The Morgan fingerprint density at radius 1 is 0.812 bits per heavy atom. The molecule has 0 aromatic heterocycles. The molecule has 166 valence electrons. The van der Waals surface area contributed by atoms with Gasteiger partial charge in [-0.25, -0.2) is 4.79 Å². The number of urea groups is 1. The van der Waals surface area contributed by atoms with Crippen LogP contribution in [0.5, 0.6) is 0 Å². The Bertz CT molecular complexity index is 999. The van der Waals surface area contributed by atoms with Gasteiger partial charge in [0.15, 0.2) is 0 Å². The molecule has 6 heteroatoms. The second kappa shape index (κ2) is 10.3. The van der Waals surface area contributed by atoms with Gasteiger partial charge in [0.05, 0.1) is 11.6 Å². The van der Waals surface area contributed by atoms with Crippen LogP contribution in [0, 0.1) is 11.3 Å². The van der Waals surface area contributed by atoms with E-state index in [9.17, 15) is 14.9 Å². The van der Waals surface area contributed by atoms with Gasteiger partial charge in [0.1, 0.15) is 0 Å². The minimum absolute atomic E-state index is 0.0279. The number of carbonyl (C=O) groups is 2. The number of nitrogens with zero attached hydrogens (tertiary/aromatic N) is 2. The lowest BCUT2D eigenvalue weighted by Crippen LogP contribution is -2.51. The molecule has 32 heavy (non-hydrogen) atoms. The highest BCUT2D eigenvalue weighted by atomic mass is 16.2. The average molecular weight is 431 g/mol. The van der Waals surface area contributed by atoms with E-state index in [1.54, 1.807) is 12.1 Å². The summed E-state index contributed by atoms with van der Waals surface area (Å²) in [7, 11) is 0. The number of hydrogen-bond acceptors (Lipinski definition) is 3. The third kappa shape index (κ3) is 5.11. The lowest BCUT2D eigenvalue weighted by atomic mass is 9.95. The number of benzene rings is 2. The van der Waals surface area contributed by atoms with Crippen molar-refractivity contribution in [3.05, 3.63) is 59.7 Å². The van der Waals surface area contributed by atoms with Gasteiger partial charge in [0.25, 0.3) is 5.91 Å². The molecule has 0 bridgehead atoms. The first-order chi connectivity index (χ1) is 15.7. The summed E-state index contributed by atoms with van der Waals surface area (Å²) in [5.41, 5.74) is 2.62. The molecule has 1 aliphatic heterocycles. The molecule has 2 fully saturated rings. The van der Waals surface area contributed by atoms with Crippen LogP contribution < -0.4 is 10.6 Å². The van der Waals surface area contributed by atoms with Crippen molar-refractivity contribution in [2.75, 3.05) is 13.1 Å². The quantitative estimate of drug-likeness (QED) is 0.751.